The Balaban J connectivity index is 1.78. The van der Waals surface area contributed by atoms with Gasteiger partial charge < -0.3 is 10.1 Å². The Morgan fingerprint density at radius 1 is 1.21 bits per heavy atom. The number of nitrogens with one attached hydrogen (secondary N) is 2. The first kappa shape index (κ1) is 19.1. The lowest BCUT2D eigenvalue weighted by molar-refractivity contribution is -0.274. The Morgan fingerprint density at radius 3 is 2.50 bits per heavy atom. The molecular formula is C17H14F3N5O3. The molecule has 0 unspecified atom stereocenters. The summed E-state index contributed by atoms with van der Waals surface area (Å²) in [6, 6.07) is 6.04. The Morgan fingerprint density at radius 2 is 1.89 bits per heavy atom. The molecule has 146 valence electrons. The van der Waals surface area contributed by atoms with Crippen molar-refractivity contribution in [2.24, 2.45) is 0 Å². The predicted molar refractivity (Wildman–Crippen MR) is 92.5 cm³/mol. The van der Waals surface area contributed by atoms with Gasteiger partial charge in [0.15, 0.2) is 0 Å². The van der Waals surface area contributed by atoms with Crippen molar-refractivity contribution >= 4 is 11.6 Å². The van der Waals surface area contributed by atoms with Crippen molar-refractivity contribution in [1.82, 2.24) is 19.7 Å². The van der Waals surface area contributed by atoms with Gasteiger partial charge in [0.2, 0.25) is 5.95 Å². The monoisotopic (exact) mass is 393 g/mol. The molecule has 1 aromatic carbocycles. The maximum Gasteiger partial charge on any atom is 0.573 e. The second-order valence-corrected chi connectivity index (χ2v) is 5.79. The summed E-state index contributed by atoms with van der Waals surface area (Å²) in [5.74, 6) is -0.762. The Bertz CT molecular complexity index is 1070. The molecule has 0 bridgehead atoms. The molecule has 2 heterocycles. The van der Waals surface area contributed by atoms with E-state index in [4.69, 9.17) is 0 Å². The number of aromatic amines is 1. The summed E-state index contributed by atoms with van der Waals surface area (Å²) in [5.41, 5.74) is 1.03. The summed E-state index contributed by atoms with van der Waals surface area (Å²) in [5, 5.41) is 6.62. The van der Waals surface area contributed by atoms with Gasteiger partial charge in [-0.05, 0) is 38.1 Å². The predicted octanol–water partition coefficient (Wildman–Crippen LogP) is 2.72. The van der Waals surface area contributed by atoms with Crippen LogP contribution in [0, 0.1) is 13.8 Å². The largest absolute Gasteiger partial charge is 0.573 e. The van der Waals surface area contributed by atoms with Crippen molar-refractivity contribution < 1.29 is 22.7 Å². The molecule has 28 heavy (non-hydrogen) atoms. The maximum absolute atomic E-state index is 12.5. The molecule has 0 aliphatic rings. The summed E-state index contributed by atoms with van der Waals surface area (Å²) in [7, 11) is 0. The number of amides is 1. The van der Waals surface area contributed by atoms with Crippen LogP contribution in [0.2, 0.25) is 0 Å². The molecule has 0 spiro atoms. The smallest absolute Gasteiger partial charge is 0.406 e. The zero-order chi connectivity index (χ0) is 20.5. The number of carbonyl (C=O) groups is 1. The molecule has 0 aliphatic heterocycles. The van der Waals surface area contributed by atoms with E-state index in [0.29, 0.717) is 11.4 Å². The van der Waals surface area contributed by atoms with Crippen LogP contribution in [0.15, 0.2) is 41.3 Å². The highest BCUT2D eigenvalue weighted by Gasteiger charge is 2.31. The molecule has 0 radical (unpaired) electrons. The summed E-state index contributed by atoms with van der Waals surface area (Å²) in [6.07, 6.45) is -3.49. The van der Waals surface area contributed by atoms with E-state index in [1.165, 1.54) is 29.1 Å². The number of rotatable bonds is 4. The third-order valence-electron chi connectivity index (χ3n) is 3.66. The van der Waals surface area contributed by atoms with Gasteiger partial charge in [0.05, 0.1) is 17.5 Å². The number of hydrogen-bond acceptors (Lipinski definition) is 5. The van der Waals surface area contributed by atoms with E-state index in [1.807, 2.05) is 0 Å². The lowest BCUT2D eigenvalue weighted by atomic mass is 10.2. The zero-order valence-electron chi connectivity index (χ0n) is 14.7. The Hall–Kier alpha value is -3.63. The highest BCUT2D eigenvalue weighted by atomic mass is 19.4. The van der Waals surface area contributed by atoms with Crippen molar-refractivity contribution in [3.63, 3.8) is 0 Å². The van der Waals surface area contributed by atoms with Gasteiger partial charge in [-0.3, -0.25) is 14.6 Å². The highest BCUT2D eigenvalue weighted by molar-refractivity contribution is 6.04. The molecule has 0 fully saturated rings. The van der Waals surface area contributed by atoms with Gasteiger partial charge in [0.25, 0.3) is 11.5 Å². The molecule has 2 aromatic heterocycles. The van der Waals surface area contributed by atoms with E-state index in [1.54, 1.807) is 13.8 Å². The summed E-state index contributed by atoms with van der Waals surface area (Å²) in [6.45, 7) is 3.27. The first-order valence-corrected chi connectivity index (χ1v) is 7.92. The molecule has 3 rings (SSSR count). The van der Waals surface area contributed by atoms with Crippen LogP contribution in [-0.4, -0.2) is 32.0 Å². The summed E-state index contributed by atoms with van der Waals surface area (Å²) < 4.78 is 41.6. The first-order chi connectivity index (χ1) is 13.1. The first-order valence-electron chi connectivity index (χ1n) is 7.92. The number of alkyl halides is 3. The Kier molecular flexibility index (Phi) is 4.91. The average molecular weight is 393 g/mol. The number of ether oxygens (including phenoxy) is 1. The van der Waals surface area contributed by atoms with Crippen LogP contribution in [0.5, 0.6) is 5.75 Å². The topological polar surface area (TPSA) is 102 Å². The Labute approximate surface area is 156 Å². The molecule has 11 heteroatoms. The molecule has 8 nitrogen and oxygen atoms in total. The fourth-order valence-corrected chi connectivity index (χ4v) is 2.45. The number of hydrogen-bond donors (Lipinski definition) is 2. The standard InChI is InChI=1S/C17H14F3N5O3/c1-9-7-14(26)24-16(22-9)25-10(2)13(8-21-25)15(27)23-11-3-5-12(6-4-11)28-17(18,19)20/h3-8H,1-2H3,(H,23,27)(H,22,24,26). The van der Waals surface area contributed by atoms with Gasteiger partial charge in [0, 0.05) is 17.4 Å². The minimum atomic E-state index is -4.79. The molecular weight excluding hydrogens is 379 g/mol. The lowest BCUT2D eigenvalue weighted by Gasteiger charge is -2.10. The van der Waals surface area contributed by atoms with E-state index in [2.05, 4.69) is 25.1 Å². The van der Waals surface area contributed by atoms with Gasteiger partial charge in [-0.25, -0.2) is 9.67 Å². The van der Waals surface area contributed by atoms with Gasteiger partial charge >= 0.3 is 6.36 Å². The number of benzene rings is 1. The number of anilines is 1. The third kappa shape index (κ3) is 4.37. The number of H-pyrrole nitrogens is 1. The fraction of sp³-hybridized carbons (Fsp3) is 0.176. The highest BCUT2D eigenvalue weighted by Crippen LogP contribution is 2.24. The maximum atomic E-state index is 12.5. The van der Waals surface area contributed by atoms with E-state index in [0.717, 1.165) is 12.1 Å². The third-order valence-corrected chi connectivity index (χ3v) is 3.66. The van der Waals surface area contributed by atoms with Crippen molar-refractivity contribution in [2.45, 2.75) is 20.2 Å². The van der Waals surface area contributed by atoms with Crippen LogP contribution in [0.1, 0.15) is 21.7 Å². The van der Waals surface area contributed by atoms with Crippen molar-refractivity contribution in [3.8, 4) is 11.7 Å². The van der Waals surface area contributed by atoms with E-state index < -0.39 is 18.0 Å². The van der Waals surface area contributed by atoms with Crippen LogP contribution >= 0.6 is 0 Å². The fourth-order valence-electron chi connectivity index (χ4n) is 2.45. The van der Waals surface area contributed by atoms with Gasteiger partial charge in [-0.15, -0.1) is 13.2 Å². The SMILES string of the molecule is Cc1cc(=O)[nH]c(-n2ncc(C(=O)Nc3ccc(OC(F)(F)F)cc3)c2C)n1. The summed E-state index contributed by atoms with van der Waals surface area (Å²) in [4.78, 5) is 30.8. The normalized spacial score (nSPS) is 11.3. The van der Waals surface area contributed by atoms with E-state index in [-0.39, 0.29) is 22.8 Å². The number of nitrogens with zero attached hydrogens (tertiary/aromatic N) is 3. The molecule has 1 amide bonds. The van der Waals surface area contributed by atoms with Crippen molar-refractivity contribution in [3.05, 3.63) is 63.8 Å². The zero-order valence-corrected chi connectivity index (χ0v) is 14.7. The summed E-state index contributed by atoms with van der Waals surface area (Å²) >= 11 is 0. The van der Waals surface area contributed by atoms with Crippen LogP contribution in [0.3, 0.4) is 0 Å². The lowest BCUT2D eigenvalue weighted by Crippen LogP contribution is -2.17. The van der Waals surface area contributed by atoms with Gasteiger partial charge in [-0.1, -0.05) is 0 Å². The number of carbonyl (C=O) groups excluding carboxylic acids is 1. The van der Waals surface area contributed by atoms with Crippen LogP contribution < -0.4 is 15.6 Å². The molecule has 2 N–H and O–H groups in total. The van der Waals surface area contributed by atoms with E-state index in [9.17, 15) is 22.8 Å². The van der Waals surface area contributed by atoms with Crippen LogP contribution in [0.25, 0.3) is 5.95 Å². The molecule has 0 saturated heterocycles. The molecule has 0 saturated carbocycles. The van der Waals surface area contributed by atoms with Gasteiger partial charge in [0.1, 0.15) is 5.75 Å². The molecule has 0 atom stereocenters. The quantitative estimate of drug-likeness (QED) is 0.710. The number of aromatic nitrogens is 4. The minimum Gasteiger partial charge on any atom is -0.406 e. The van der Waals surface area contributed by atoms with Gasteiger partial charge in [-0.2, -0.15) is 5.10 Å². The van der Waals surface area contributed by atoms with Crippen LogP contribution in [-0.2, 0) is 0 Å². The average Bonchev–Trinajstić information content (AvgIpc) is 2.96. The van der Waals surface area contributed by atoms with Crippen molar-refractivity contribution in [2.75, 3.05) is 5.32 Å². The second kappa shape index (κ2) is 7.18. The second-order valence-electron chi connectivity index (χ2n) is 5.79. The number of aryl methyl sites for hydroxylation is 1. The molecule has 3 aromatic rings. The number of halogens is 3. The molecule has 0 aliphatic carbocycles. The van der Waals surface area contributed by atoms with Crippen molar-refractivity contribution in [1.29, 1.82) is 0 Å². The minimum absolute atomic E-state index is 0.162. The van der Waals surface area contributed by atoms with E-state index >= 15 is 0 Å². The van der Waals surface area contributed by atoms with Crippen LogP contribution in [0.4, 0.5) is 18.9 Å².